The van der Waals surface area contributed by atoms with Gasteiger partial charge in [-0.25, -0.2) is 4.98 Å². The number of fused-ring (bicyclic) bond motifs is 3. The summed E-state index contributed by atoms with van der Waals surface area (Å²) >= 11 is 0. The van der Waals surface area contributed by atoms with Gasteiger partial charge in [0.2, 0.25) is 0 Å². The van der Waals surface area contributed by atoms with E-state index in [0.29, 0.717) is 11.5 Å². The van der Waals surface area contributed by atoms with Crippen molar-refractivity contribution in [2.75, 3.05) is 0 Å². The van der Waals surface area contributed by atoms with Crippen LogP contribution in [0.4, 0.5) is 0 Å². The maximum absolute atomic E-state index is 7.01. The Labute approximate surface area is 451 Å². The van der Waals surface area contributed by atoms with E-state index in [-0.39, 0.29) is 43.7 Å². The number of para-hydroxylation sites is 1. The van der Waals surface area contributed by atoms with Gasteiger partial charge in [-0.2, -0.15) is 12.1 Å². The standard InChI is InChI=1S/C68H60N4O.Pt/c1-46(2)58-31-21-32-59(47(3)4)66(58)64-44-70(54-29-20-28-52(40-54)67(5,6)50-24-14-10-15-25-50)45-71(64)55-38-49(48-22-12-9-13-23-48)39-57(42-55)73-56-34-35-61-60-30-18-19-33-62(60)72(63(61)43-56)65-41-53(36-37-69-65)68(7,8)51-26-16-11-17-27-51;/h9-41,44,46-47H,1-8H3;/q-2;. The Morgan fingerprint density at radius 1 is 0.527 bits per heavy atom. The van der Waals surface area contributed by atoms with Gasteiger partial charge in [0, 0.05) is 61.3 Å². The molecule has 0 saturated heterocycles. The molecule has 74 heavy (non-hydrogen) atoms. The van der Waals surface area contributed by atoms with Gasteiger partial charge in [-0.1, -0.05) is 200 Å². The molecule has 370 valence electrons. The SMILES string of the molecule is CC(C)c1cccc(C(C)C)c1-c1c[n+](-c2cccc(C(C)(C)c3ccccc3)c2)[c-]n1-c1[c-]c(Oc2[c-]c3c(cc2)c2ccccc2n3-c2cc(C(C)(C)c3ccccc3)ccn2)cc(-c2ccccc2)c1.[Pt]. The van der Waals surface area contributed by atoms with Gasteiger partial charge in [0.15, 0.2) is 0 Å². The van der Waals surface area contributed by atoms with Gasteiger partial charge in [0.1, 0.15) is 5.82 Å². The van der Waals surface area contributed by atoms with Crippen LogP contribution in [0.15, 0.2) is 207 Å². The van der Waals surface area contributed by atoms with Crippen molar-refractivity contribution >= 4 is 21.8 Å². The zero-order valence-corrected chi connectivity index (χ0v) is 45.6. The van der Waals surface area contributed by atoms with E-state index < -0.39 is 0 Å². The predicted octanol–water partition coefficient (Wildman–Crippen LogP) is 16.7. The molecule has 0 spiro atoms. The number of ether oxygens (including phenoxy) is 1. The van der Waals surface area contributed by atoms with Crippen molar-refractivity contribution in [1.29, 1.82) is 0 Å². The molecular formula is C68H60N4OPt-2. The Morgan fingerprint density at radius 2 is 1.12 bits per heavy atom. The van der Waals surface area contributed by atoms with E-state index in [2.05, 4.69) is 282 Å². The van der Waals surface area contributed by atoms with Crippen LogP contribution in [0.1, 0.15) is 101 Å². The van der Waals surface area contributed by atoms with Crippen LogP contribution in [-0.2, 0) is 31.9 Å². The first-order valence-corrected chi connectivity index (χ1v) is 25.5. The number of imidazole rings is 1. The second-order valence-electron chi connectivity index (χ2n) is 20.9. The second kappa shape index (κ2) is 20.4. The molecule has 5 nitrogen and oxygen atoms in total. The monoisotopic (exact) mass is 1140 g/mol. The first-order chi connectivity index (χ1) is 35.3. The number of nitrogens with zero attached hydrogens (tertiary/aromatic N) is 4. The average molecular weight is 1140 g/mol. The summed E-state index contributed by atoms with van der Waals surface area (Å²) in [5, 5.41) is 2.19. The van der Waals surface area contributed by atoms with Crippen LogP contribution in [0.25, 0.3) is 61.4 Å². The molecule has 0 bridgehead atoms. The summed E-state index contributed by atoms with van der Waals surface area (Å²) in [4.78, 5) is 5.00. The maximum Gasteiger partial charge on any atom is 0.267 e. The number of benzene rings is 8. The number of rotatable bonds is 13. The number of hydrogen-bond donors (Lipinski definition) is 0. The van der Waals surface area contributed by atoms with Crippen LogP contribution < -0.4 is 9.30 Å². The van der Waals surface area contributed by atoms with Crippen molar-refractivity contribution in [3.8, 4) is 51.1 Å². The molecule has 3 aromatic heterocycles. The van der Waals surface area contributed by atoms with E-state index in [1.807, 2.05) is 12.3 Å². The van der Waals surface area contributed by atoms with Crippen molar-refractivity contribution in [3.05, 3.63) is 258 Å². The van der Waals surface area contributed by atoms with Crippen LogP contribution >= 0.6 is 0 Å². The van der Waals surface area contributed by atoms with E-state index in [1.165, 1.54) is 38.9 Å². The van der Waals surface area contributed by atoms with Gasteiger partial charge >= 0.3 is 0 Å². The molecule has 0 saturated carbocycles. The van der Waals surface area contributed by atoms with Gasteiger partial charge in [0.05, 0.1) is 11.4 Å². The van der Waals surface area contributed by atoms with Crippen LogP contribution in [0.2, 0.25) is 0 Å². The summed E-state index contributed by atoms with van der Waals surface area (Å²) in [6.07, 6.45) is 8.02. The van der Waals surface area contributed by atoms with Gasteiger partial charge < -0.3 is 13.9 Å². The zero-order valence-electron chi connectivity index (χ0n) is 43.3. The van der Waals surface area contributed by atoms with Crippen molar-refractivity contribution in [1.82, 2.24) is 14.1 Å². The van der Waals surface area contributed by atoms with Gasteiger partial charge in [-0.15, -0.1) is 35.2 Å². The van der Waals surface area contributed by atoms with E-state index in [9.17, 15) is 0 Å². The van der Waals surface area contributed by atoms with Gasteiger partial charge in [-0.3, -0.25) is 4.57 Å². The van der Waals surface area contributed by atoms with Gasteiger partial charge in [0.25, 0.3) is 6.33 Å². The first kappa shape index (κ1) is 50.0. The Hall–Kier alpha value is -7.59. The predicted molar refractivity (Wildman–Crippen MR) is 299 cm³/mol. The number of pyridine rings is 1. The summed E-state index contributed by atoms with van der Waals surface area (Å²) in [7, 11) is 0. The van der Waals surface area contributed by atoms with E-state index in [0.717, 1.165) is 55.8 Å². The van der Waals surface area contributed by atoms with E-state index >= 15 is 0 Å². The Bertz CT molecular complexity index is 3750. The fourth-order valence-corrected chi connectivity index (χ4v) is 10.5. The van der Waals surface area contributed by atoms with Crippen LogP contribution in [0.5, 0.6) is 11.5 Å². The van der Waals surface area contributed by atoms with Crippen molar-refractivity contribution in [3.63, 3.8) is 0 Å². The average Bonchev–Trinajstić information content (AvgIpc) is 4.01. The summed E-state index contributed by atoms with van der Waals surface area (Å²) in [6.45, 7) is 18.2. The molecule has 0 N–H and O–H groups in total. The summed E-state index contributed by atoms with van der Waals surface area (Å²) < 4.78 is 13.6. The third-order valence-electron chi connectivity index (χ3n) is 14.8. The fraction of sp³-hybridized carbons (Fsp3) is 0.176. The molecule has 0 aliphatic heterocycles. The zero-order chi connectivity index (χ0) is 50.4. The summed E-state index contributed by atoms with van der Waals surface area (Å²) in [5.74, 6) is 2.50. The maximum atomic E-state index is 7.01. The molecular weight excluding hydrogens is 1080 g/mol. The first-order valence-electron chi connectivity index (χ1n) is 25.5. The third-order valence-corrected chi connectivity index (χ3v) is 14.8. The molecule has 11 aromatic rings. The smallest absolute Gasteiger partial charge is 0.267 e. The summed E-state index contributed by atoms with van der Waals surface area (Å²) in [5.41, 5.74) is 15.0. The molecule has 0 aliphatic carbocycles. The third kappa shape index (κ3) is 9.35. The molecule has 8 aromatic carbocycles. The molecule has 0 radical (unpaired) electrons. The molecule has 0 amide bonds. The topological polar surface area (TPSA) is 35.9 Å². The molecule has 0 fully saturated rings. The minimum Gasteiger partial charge on any atom is -0.510 e. The Kier molecular flexibility index (Phi) is 13.8. The van der Waals surface area contributed by atoms with Crippen LogP contribution in [-0.4, -0.2) is 14.1 Å². The second-order valence-corrected chi connectivity index (χ2v) is 20.9. The number of hydrogen-bond acceptors (Lipinski definition) is 2. The summed E-state index contributed by atoms with van der Waals surface area (Å²) in [6, 6.07) is 76.3. The molecule has 0 aliphatic rings. The van der Waals surface area contributed by atoms with Crippen molar-refractivity contribution < 1.29 is 30.4 Å². The van der Waals surface area contributed by atoms with E-state index in [4.69, 9.17) is 9.72 Å². The van der Waals surface area contributed by atoms with Crippen molar-refractivity contribution in [2.45, 2.75) is 78.1 Å². The molecule has 0 atom stereocenters. The number of aromatic nitrogens is 4. The minimum atomic E-state index is -0.250. The largest absolute Gasteiger partial charge is 0.510 e. The Balaban J connectivity index is 0.00000626. The van der Waals surface area contributed by atoms with Crippen LogP contribution in [0.3, 0.4) is 0 Å². The molecule has 11 rings (SSSR count). The Morgan fingerprint density at radius 3 is 1.78 bits per heavy atom. The quantitative estimate of drug-likeness (QED) is 0.0852. The molecule has 0 unspecified atom stereocenters. The van der Waals surface area contributed by atoms with Crippen molar-refractivity contribution in [2.24, 2.45) is 0 Å². The minimum absolute atomic E-state index is 0. The molecule has 6 heteroatoms. The molecule has 3 heterocycles. The van der Waals surface area contributed by atoms with E-state index in [1.54, 1.807) is 0 Å². The van der Waals surface area contributed by atoms with Gasteiger partial charge in [-0.05, 0) is 97.7 Å². The van der Waals surface area contributed by atoms with Crippen LogP contribution in [0, 0.1) is 18.5 Å². The normalized spacial score (nSPS) is 11.9. The fourth-order valence-electron chi connectivity index (χ4n) is 10.5.